The second kappa shape index (κ2) is 4.46. The Labute approximate surface area is 80.0 Å². The number of amides is 1. The van der Waals surface area contributed by atoms with Crippen LogP contribution in [0.4, 0.5) is 4.79 Å². The van der Waals surface area contributed by atoms with Crippen LogP contribution < -0.4 is 5.84 Å². The van der Waals surface area contributed by atoms with Gasteiger partial charge in [0.2, 0.25) is 0 Å². The van der Waals surface area contributed by atoms with E-state index in [2.05, 4.69) is 0 Å². The number of nitrogens with zero attached hydrogens (tertiary/aromatic N) is 1. The van der Waals surface area contributed by atoms with Crippen LogP contribution in [0.1, 0.15) is 34.6 Å². The number of carbonyl (C=O) groups is 1. The zero-order valence-electron chi connectivity index (χ0n) is 9.13. The molecule has 78 valence electrons. The number of rotatable bonds is 2. The highest BCUT2D eigenvalue weighted by molar-refractivity contribution is 5.67. The fourth-order valence-electron chi connectivity index (χ4n) is 0.788. The molecule has 0 rings (SSSR count). The molecule has 0 bridgehead atoms. The molecule has 0 unspecified atom stereocenters. The summed E-state index contributed by atoms with van der Waals surface area (Å²) in [4.78, 5) is 11.3. The summed E-state index contributed by atoms with van der Waals surface area (Å²) >= 11 is 0. The van der Waals surface area contributed by atoms with Gasteiger partial charge in [-0.25, -0.2) is 15.6 Å². The van der Waals surface area contributed by atoms with E-state index >= 15 is 0 Å². The zero-order valence-corrected chi connectivity index (χ0v) is 9.13. The van der Waals surface area contributed by atoms with Crippen molar-refractivity contribution in [3.05, 3.63) is 0 Å². The summed E-state index contributed by atoms with van der Waals surface area (Å²) in [5, 5.41) is 1.11. The lowest BCUT2D eigenvalue weighted by Gasteiger charge is -2.25. The number of hydrogen-bond donors (Lipinski definition) is 1. The van der Waals surface area contributed by atoms with Crippen LogP contribution in [0.5, 0.6) is 0 Å². The molecule has 0 aromatic rings. The molecule has 0 aromatic carbocycles. The number of carbonyl (C=O) groups excluding carboxylic acids is 1. The second-order valence-electron chi connectivity index (χ2n) is 4.53. The first-order chi connectivity index (χ1) is 5.72. The summed E-state index contributed by atoms with van der Waals surface area (Å²) in [5.41, 5.74) is -0.480. The van der Waals surface area contributed by atoms with Crippen LogP contribution in [0.2, 0.25) is 0 Å². The lowest BCUT2D eigenvalue weighted by molar-refractivity contribution is 0.0226. The summed E-state index contributed by atoms with van der Waals surface area (Å²) in [6, 6.07) is 0. The minimum Gasteiger partial charge on any atom is -0.443 e. The normalized spacial score (nSPS) is 11.6. The molecule has 0 aromatic heterocycles. The molecule has 2 N–H and O–H groups in total. The van der Waals surface area contributed by atoms with Crippen molar-refractivity contribution in [1.29, 1.82) is 0 Å². The average molecular weight is 188 g/mol. The monoisotopic (exact) mass is 188 g/mol. The highest BCUT2D eigenvalue weighted by Crippen LogP contribution is 2.08. The minimum atomic E-state index is -0.480. The molecule has 4 heteroatoms. The molecule has 13 heavy (non-hydrogen) atoms. The molecule has 0 saturated heterocycles. The molecule has 0 aliphatic rings. The van der Waals surface area contributed by atoms with Gasteiger partial charge in [0.1, 0.15) is 5.60 Å². The highest BCUT2D eigenvalue weighted by Gasteiger charge is 2.20. The van der Waals surface area contributed by atoms with Crippen molar-refractivity contribution < 1.29 is 9.53 Å². The lowest BCUT2D eigenvalue weighted by atomic mass is 10.2. The topological polar surface area (TPSA) is 55.6 Å². The van der Waals surface area contributed by atoms with Gasteiger partial charge in [0.25, 0.3) is 0 Å². The van der Waals surface area contributed by atoms with Gasteiger partial charge in [0.15, 0.2) is 0 Å². The van der Waals surface area contributed by atoms with Crippen molar-refractivity contribution >= 4 is 6.09 Å². The van der Waals surface area contributed by atoms with Crippen molar-refractivity contribution in [2.24, 2.45) is 11.8 Å². The largest absolute Gasteiger partial charge is 0.443 e. The maximum absolute atomic E-state index is 11.3. The standard InChI is InChI=1S/C9H20N2O2/c1-7(2)6-11(10)8(12)13-9(3,4)5/h7H,6,10H2,1-5H3. The van der Waals surface area contributed by atoms with Gasteiger partial charge in [0, 0.05) is 6.54 Å². The molecule has 0 saturated carbocycles. The Hall–Kier alpha value is -0.770. The maximum atomic E-state index is 11.3. The molecule has 0 fully saturated rings. The number of hydrogen-bond acceptors (Lipinski definition) is 3. The Kier molecular flexibility index (Phi) is 4.20. The Bertz CT molecular complexity index is 173. The van der Waals surface area contributed by atoms with Crippen LogP contribution in [0.3, 0.4) is 0 Å². The Morgan fingerprint density at radius 2 is 1.92 bits per heavy atom. The van der Waals surface area contributed by atoms with Gasteiger partial charge in [-0.05, 0) is 26.7 Å². The van der Waals surface area contributed by atoms with Crippen molar-refractivity contribution in [1.82, 2.24) is 5.01 Å². The van der Waals surface area contributed by atoms with E-state index in [0.717, 1.165) is 5.01 Å². The van der Waals surface area contributed by atoms with Crippen molar-refractivity contribution in [2.75, 3.05) is 6.54 Å². The Balaban J connectivity index is 3.97. The van der Waals surface area contributed by atoms with E-state index in [1.807, 2.05) is 34.6 Å². The van der Waals surface area contributed by atoms with E-state index in [4.69, 9.17) is 10.6 Å². The summed E-state index contributed by atoms with van der Waals surface area (Å²) in [6.45, 7) is 9.93. The van der Waals surface area contributed by atoms with Crippen LogP contribution in [0.25, 0.3) is 0 Å². The molecule has 1 amide bonds. The number of ether oxygens (including phenoxy) is 1. The fourth-order valence-corrected chi connectivity index (χ4v) is 0.788. The number of nitrogens with two attached hydrogens (primary N) is 1. The van der Waals surface area contributed by atoms with Crippen LogP contribution in [0, 0.1) is 5.92 Å². The van der Waals surface area contributed by atoms with E-state index in [9.17, 15) is 4.79 Å². The summed E-state index contributed by atoms with van der Waals surface area (Å²) in [6.07, 6.45) is -0.471. The zero-order chi connectivity index (χ0) is 10.6. The fraction of sp³-hybridized carbons (Fsp3) is 0.889. The first-order valence-corrected chi connectivity index (χ1v) is 4.47. The van der Waals surface area contributed by atoms with Crippen molar-refractivity contribution in [2.45, 2.75) is 40.2 Å². The van der Waals surface area contributed by atoms with E-state index in [-0.39, 0.29) is 0 Å². The molecule has 0 atom stereocenters. The second-order valence-corrected chi connectivity index (χ2v) is 4.53. The third-order valence-electron chi connectivity index (χ3n) is 1.19. The van der Waals surface area contributed by atoms with Gasteiger partial charge in [0.05, 0.1) is 0 Å². The number of hydrazine groups is 1. The third-order valence-corrected chi connectivity index (χ3v) is 1.19. The predicted molar refractivity (Wildman–Crippen MR) is 52.0 cm³/mol. The van der Waals surface area contributed by atoms with Gasteiger partial charge >= 0.3 is 6.09 Å². The molecule has 0 aliphatic carbocycles. The average Bonchev–Trinajstić information content (AvgIpc) is 1.81. The van der Waals surface area contributed by atoms with E-state index in [0.29, 0.717) is 12.5 Å². The van der Waals surface area contributed by atoms with Crippen LogP contribution in [0.15, 0.2) is 0 Å². The van der Waals surface area contributed by atoms with E-state index in [1.54, 1.807) is 0 Å². The van der Waals surface area contributed by atoms with Gasteiger partial charge < -0.3 is 4.74 Å². The van der Waals surface area contributed by atoms with Crippen LogP contribution in [-0.2, 0) is 4.74 Å². The Morgan fingerprint density at radius 1 is 1.46 bits per heavy atom. The minimum absolute atomic E-state index is 0.345. The summed E-state index contributed by atoms with van der Waals surface area (Å²) < 4.78 is 5.06. The van der Waals surface area contributed by atoms with Crippen molar-refractivity contribution in [3.63, 3.8) is 0 Å². The van der Waals surface area contributed by atoms with E-state index in [1.165, 1.54) is 0 Å². The summed E-state index contributed by atoms with van der Waals surface area (Å²) in [5.74, 6) is 5.83. The SMILES string of the molecule is CC(C)CN(N)C(=O)OC(C)(C)C. The Morgan fingerprint density at radius 3 is 2.23 bits per heavy atom. The molecule has 0 aliphatic heterocycles. The van der Waals surface area contributed by atoms with Crippen LogP contribution in [-0.4, -0.2) is 23.2 Å². The van der Waals surface area contributed by atoms with Gasteiger partial charge in [-0.2, -0.15) is 0 Å². The molecule has 0 spiro atoms. The van der Waals surface area contributed by atoms with Gasteiger partial charge in [-0.1, -0.05) is 13.8 Å². The summed E-state index contributed by atoms with van der Waals surface area (Å²) in [7, 11) is 0. The first kappa shape index (κ1) is 12.2. The van der Waals surface area contributed by atoms with Crippen LogP contribution >= 0.6 is 0 Å². The lowest BCUT2D eigenvalue weighted by Crippen LogP contribution is -2.43. The van der Waals surface area contributed by atoms with Gasteiger partial charge in [-0.3, -0.25) is 0 Å². The highest BCUT2D eigenvalue weighted by atomic mass is 16.6. The third kappa shape index (κ3) is 6.40. The molecule has 4 nitrogen and oxygen atoms in total. The molecular formula is C9H20N2O2. The smallest absolute Gasteiger partial charge is 0.424 e. The quantitative estimate of drug-likeness (QED) is 0.408. The maximum Gasteiger partial charge on any atom is 0.424 e. The predicted octanol–water partition coefficient (Wildman–Crippen LogP) is 1.75. The molecule has 0 radical (unpaired) electrons. The van der Waals surface area contributed by atoms with Gasteiger partial charge in [-0.15, -0.1) is 0 Å². The first-order valence-electron chi connectivity index (χ1n) is 4.47. The van der Waals surface area contributed by atoms with Crippen molar-refractivity contribution in [3.8, 4) is 0 Å². The molecular weight excluding hydrogens is 168 g/mol. The van der Waals surface area contributed by atoms with E-state index < -0.39 is 11.7 Å². The molecule has 0 heterocycles.